The van der Waals surface area contributed by atoms with Gasteiger partial charge in [0.1, 0.15) is 6.79 Å². The second-order valence-corrected chi connectivity index (χ2v) is 11.3. The van der Waals surface area contributed by atoms with Gasteiger partial charge < -0.3 is 14.6 Å². The molecule has 0 aromatic carbocycles. The van der Waals surface area contributed by atoms with Crippen molar-refractivity contribution in [1.82, 2.24) is 0 Å². The third-order valence-electron chi connectivity index (χ3n) is 2.47. The molecule has 3 nitrogen and oxygen atoms in total. The van der Waals surface area contributed by atoms with Gasteiger partial charge in [0.05, 0.1) is 12.2 Å². The van der Waals surface area contributed by atoms with E-state index in [4.69, 9.17) is 9.47 Å². The third-order valence-corrected chi connectivity index (χ3v) is 4.17. The Labute approximate surface area is 113 Å². The highest BCUT2D eigenvalue weighted by Gasteiger charge is 2.11. The molecular formula is C14H28O3Si. The zero-order valence-corrected chi connectivity index (χ0v) is 13.2. The summed E-state index contributed by atoms with van der Waals surface area (Å²) in [6.45, 7) is 13.6. The second-order valence-electron chi connectivity index (χ2n) is 5.68. The van der Waals surface area contributed by atoms with Crippen LogP contribution in [0.5, 0.6) is 0 Å². The number of aliphatic hydroxyl groups excluding tert-OH is 1. The lowest BCUT2D eigenvalue weighted by Crippen LogP contribution is -2.22. The maximum Gasteiger partial charge on any atom is 0.147 e. The normalized spacial score (nSPS) is 15.8. The van der Waals surface area contributed by atoms with Crippen LogP contribution >= 0.6 is 0 Å². The fraction of sp³-hybridized carbons (Fsp3) is 0.714. The molecule has 0 aliphatic rings. The smallest absolute Gasteiger partial charge is 0.147 e. The van der Waals surface area contributed by atoms with Crippen molar-refractivity contribution in [2.75, 3.05) is 13.4 Å². The van der Waals surface area contributed by atoms with Crippen LogP contribution in [0.2, 0.25) is 25.7 Å². The maximum absolute atomic E-state index is 9.26. The Bertz CT molecular complexity index is 246. The monoisotopic (exact) mass is 272 g/mol. The summed E-state index contributed by atoms with van der Waals surface area (Å²) in [6, 6.07) is 1.16. The Kier molecular flexibility index (Phi) is 9.28. The third kappa shape index (κ3) is 12.0. The van der Waals surface area contributed by atoms with Crippen LogP contribution < -0.4 is 0 Å². The van der Waals surface area contributed by atoms with Crippen molar-refractivity contribution >= 4 is 8.07 Å². The van der Waals surface area contributed by atoms with Gasteiger partial charge in [0.25, 0.3) is 0 Å². The summed E-state index contributed by atoms with van der Waals surface area (Å²) in [5, 5.41) is 9.26. The summed E-state index contributed by atoms with van der Waals surface area (Å²) in [7, 11) is -1.00. The van der Waals surface area contributed by atoms with E-state index >= 15 is 0 Å². The van der Waals surface area contributed by atoms with Crippen molar-refractivity contribution < 1.29 is 14.6 Å². The highest BCUT2D eigenvalue weighted by Crippen LogP contribution is 2.07. The molecule has 1 N–H and O–H groups in total. The van der Waals surface area contributed by atoms with Gasteiger partial charge in [-0.3, -0.25) is 0 Å². The number of hydrogen-bond acceptors (Lipinski definition) is 3. The first kappa shape index (κ1) is 17.6. The fourth-order valence-corrected chi connectivity index (χ4v) is 1.91. The highest BCUT2D eigenvalue weighted by atomic mass is 28.3. The average molecular weight is 272 g/mol. The summed E-state index contributed by atoms with van der Waals surface area (Å²) < 4.78 is 10.9. The first-order valence-electron chi connectivity index (χ1n) is 6.52. The Hall–Kier alpha value is -0.423. The lowest BCUT2D eigenvalue weighted by atomic mass is 10.2. The Morgan fingerprint density at radius 2 is 2.00 bits per heavy atom. The van der Waals surface area contributed by atoms with Crippen LogP contribution in [0.1, 0.15) is 13.3 Å². The standard InChI is InChI=1S/C14H28O3Si/c1-6-14(15)9-7-8-13(2)17-12-16-10-11-18(3,4)5/h6-8,13-15H,1,9-12H2,2-5H3/b8-7-/t13-,14+/m1/s1. The molecule has 0 fully saturated rings. The first-order chi connectivity index (χ1) is 8.35. The summed E-state index contributed by atoms with van der Waals surface area (Å²) in [5.41, 5.74) is 0. The molecule has 0 rings (SSSR count). The van der Waals surface area contributed by atoms with Crippen LogP contribution in [0.3, 0.4) is 0 Å². The summed E-state index contributed by atoms with van der Waals surface area (Å²) >= 11 is 0. The summed E-state index contributed by atoms with van der Waals surface area (Å²) in [6.07, 6.45) is 5.46. The van der Waals surface area contributed by atoms with E-state index in [-0.39, 0.29) is 6.10 Å². The van der Waals surface area contributed by atoms with Gasteiger partial charge in [0.2, 0.25) is 0 Å². The van der Waals surface area contributed by atoms with Crippen molar-refractivity contribution in [3.63, 3.8) is 0 Å². The fourth-order valence-electron chi connectivity index (χ4n) is 1.15. The molecular weight excluding hydrogens is 244 g/mol. The van der Waals surface area contributed by atoms with Crippen LogP contribution in [-0.2, 0) is 9.47 Å². The van der Waals surface area contributed by atoms with Gasteiger partial charge >= 0.3 is 0 Å². The maximum atomic E-state index is 9.26. The molecule has 0 saturated carbocycles. The van der Waals surface area contributed by atoms with E-state index in [0.29, 0.717) is 13.2 Å². The second kappa shape index (κ2) is 9.50. The van der Waals surface area contributed by atoms with Crippen LogP contribution in [0.4, 0.5) is 0 Å². The van der Waals surface area contributed by atoms with E-state index in [1.807, 2.05) is 19.1 Å². The van der Waals surface area contributed by atoms with E-state index < -0.39 is 14.2 Å². The minimum absolute atomic E-state index is 0.00824. The van der Waals surface area contributed by atoms with Gasteiger partial charge in [-0.15, -0.1) is 6.58 Å². The first-order valence-corrected chi connectivity index (χ1v) is 10.2. The molecule has 0 bridgehead atoms. The van der Waals surface area contributed by atoms with Gasteiger partial charge in [-0.25, -0.2) is 0 Å². The Morgan fingerprint density at radius 3 is 2.56 bits per heavy atom. The molecule has 0 amide bonds. The molecule has 2 atom stereocenters. The molecule has 0 aliphatic heterocycles. The molecule has 0 radical (unpaired) electrons. The molecule has 0 spiro atoms. The average Bonchev–Trinajstić information content (AvgIpc) is 2.26. The molecule has 0 aromatic rings. The molecule has 0 aliphatic carbocycles. The van der Waals surface area contributed by atoms with E-state index in [2.05, 4.69) is 26.2 Å². The summed E-state index contributed by atoms with van der Waals surface area (Å²) in [5.74, 6) is 0. The molecule has 106 valence electrons. The number of rotatable bonds is 10. The Morgan fingerprint density at radius 1 is 1.33 bits per heavy atom. The molecule has 0 saturated heterocycles. The van der Waals surface area contributed by atoms with Gasteiger partial charge in [-0.2, -0.15) is 0 Å². The van der Waals surface area contributed by atoms with Crippen LogP contribution in [0.15, 0.2) is 24.8 Å². The van der Waals surface area contributed by atoms with Crippen LogP contribution in [0.25, 0.3) is 0 Å². The van der Waals surface area contributed by atoms with Crippen LogP contribution in [0, 0.1) is 0 Å². The molecule has 0 unspecified atom stereocenters. The van der Waals surface area contributed by atoms with E-state index in [1.165, 1.54) is 6.08 Å². The SMILES string of the molecule is C=C[C@H](O)C/C=C\[C@@H](C)OCOCC[Si](C)(C)C. The molecule has 4 heteroatoms. The van der Waals surface area contributed by atoms with Crippen molar-refractivity contribution in [3.8, 4) is 0 Å². The zero-order valence-electron chi connectivity index (χ0n) is 12.2. The van der Waals surface area contributed by atoms with E-state index in [0.717, 1.165) is 12.7 Å². The van der Waals surface area contributed by atoms with E-state index in [9.17, 15) is 5.11 Å². The lowest BCUT2D eigenvalue weighted by molar-refractivity contribution is -0.0665. The van der Waals surface area contributed by atoms with Gasteiger partial charge in [0, 0.05) is 14.7 Å². The highest BCUT2D eigenvalue weighted by molar-refractivity contribution is 6.76. The summed E-state index contributed by atoms with van der Waals surface area (Å²) in [4.78, 5) is 0. The van der Waals surface area contributed by atoms with Crippen molar-refractivity contribution in [1.29, 1.82) is 0 Å². The minimum atomic E-state index is -1.00. The number of ether oxygens (including phenoxy) is 2. The van der Waals surface area contributed by atoms with Gasteiger partial charge in [0.15, 0.2) is 0 Å². The van der Waals surface area contributed by atoms with Gasteiger partial charge in [-0.1, -0.05) is 37.9 Å². The molecule has 0 heterocycles. The quantitative estimate of drug-likeness (QED) is 0.287. The predicted octanol–water partition coefficient (Wildman–Crippen LogP) is 3.20. The zero-order chi connectivity index (χ0) is 14.0. The molecule has 18 heavy (non-hydrogen) atoms. The van der Waals surface area contributed by atoms with Crippen molar-refractivity contribution in [2.45, 2.75) is 51.2 Å². The van der Waals surface area contributed by atoms with Crippen LogP contribution in [-0.4, -0.2) is 38.8 Å². The predicted molar refractivity (Wildman–Crippen MR) is 79.5 cm³/mol. The number of aliphatic hydroxyl groups is 1. The van der Waals surface area contributed by atoms with Crippen molar-refractivity contribution in [3.05, 3.63) is 24.8 Å². The topological polar surface area (TPSA) is 38.7 Å². The van der Waals surface area contributed by atoms with E-state index in [1.54, 1.807) is 0 Å². The lowest BCUT2D eigenvalue weighted by Gasteiger charge is -2.16. The molecule has 0 aromatic heterocycles. The largest absolute Gasteiger partial charge is 0.389 e. The van der Waals surface area contributed by atoms with Gasteiger partial charge in [-0.05, 0) is 19.4 Å². The Balaban J connectivity index is 3.53. The minimum Gasteiger partial charge on any atom is -0.389 e. The van der Waals surface area contributed by atoms with Crippen molar-refractivity contribution in [2.24, 2.45) is 0 Å². The number of hydrogen-bond donors (Lipinski definition) is 1.